The average molecular weight is 379 g/mol. The molecule has 21 heavy (non-hydrogen) atoms. The molecule has 0 unspecified atom stereocenters. The van der Waals surface area contributed by atoms with E-state index in [9.17, 15) is 18.0 Å². The first-order chi connectivity index (χ1) is 9.73. The van der Waals surface area contributed by atoms with Crippen LogP contribution in [0.4, 0.5) is 0 Å². The first-order valence-electron chi connectivity index (χ1n) is 5.97. The predicted octanol–water partition coefficient (Wildman–Crippen LogP) is 0.904. The number of nitrogens with one attached hydrogen (secondary N) is 1. The van der Waals surface area contributed by atoms with E-state index in [1.165, 1.54) is 19.2 Å². The van der Waals surface area contributed by atoms with Crippen molar-refractivity contribution in [3.8, 4) is 0 Å². The number of carbonyl (C=O) groups is 2. The van der Waals surface area contributed by atoms with E-state index in [1.54, 1.807) is 6.92 Å². The molecule has 1 amide bonds. The lowest BCUT2D eigenvalue weighted by Gasteiger charge is -2.20. The van der Waals surface area contributed by atoms with Crippen molar-refractivity contribution in [2.24, 2.45) is 0 Å². The summed E-state index contributed by atoms with van der Waals surface area (Å²) < 4.78 is 26.3. The van der Waals surface area contributed by atoms with Crippen LogP contribution in [0.2, 0.25) is 0 Å². The fourth-order valence-corrected chi connectivity index (χ4v) is 3.94. The van der Waals surface area contributed by atoms with Gasteiger partial charge in [0.1, 0.15) is 0 Å². The molecule has 0 fully saturated rings. The number of hydrogen-bond donors (Lipinski definition) is 2. The van der Waals surface area contributed by atoms with Crippen LogP contribution in [0.25, 0.3) is 0 Å². The summed E-state index contributed by atoms with van der Waals surface area (Å²) in [5.74, 6) is -1.68. The van der Waals surface area contributed by atoms with Gasteiger partial charge in [-0.2, -0.15) is 4.31 Å². The lowest BCUT2D eigenvalue weighted by atomic mass is 10.2. The Bertz CT molecular complexity index is 660. The smallest absolute Gasteiger partial charge is 0.335 e. The topological polar surface area (TPSA) is 104 Å². The van der Waals surface area contributed by atoms with Gasteiger partial charge in [-0.05, 0) is 34.1 Å². The molecule has 0 aliphatic rings. The number of carbonyl (C=O) groups excluding carboxylic acids is 1. The molecular weight excluding hydrogens is 364 g/mol. The first kappa shape index (κ1) is 17.6. The van der Waals surface area contributed by atoms with Crippen LogP contribution in [0.1, 0.15) is 17.3 Å². The minimum Gasteiger partial charge on any atom is -0.478 e. The van der Waals surface area contributed by atoms with Gasteiger partial charge in [0.05, 0.1) is 17.0 Å². The highest BCUT2D eigenvalue weighted by atomic mass is 79.9. The number of likely N-dealkylation sites (N-methyl/N-ethyl adjacent to an activating group) is 2. The zero-order chi connectivity index (χ0) is 16.2. The maximum atomic E-state index is 12.5. The molecule has 0 spiro atoms. The van der Waals surface area contributed by atoms with Gasteiger partial charge in [0.15, 0.2) is 0 Å². The quantitative estimate of drug-likeness (QED) is 0.765. The van der Waals surface area contributed by atoms with Crippen molar-refractivity contribution in [2.45, 2.75) is 11.8 Å². The number of sulfonamides is 1. The van der Waals surface area contributed by atoms with E-state index in [2.05, 4.69) is 21.2 Å². The summed E-state index contributed by atoms with van der Waals surface area (Å²) in [6.45, 7) is 1.34. The number of aromatic carboxylic acids is 1. The molecule has 0 bridgehead atoms. The molecule has 1 rings (SSSR count). The van der Waals surface area contributed by atoms with Gasteiger partial charge < -0.3 is 10.4 Å². The van der Waals surface area contributed by atoms with Crippen molar-refractivity contribution in [2.75, 3.05) is 20.1 Å². The number of halogens is 1. The molecular formula is C12H15BrN2O5S. The van der Waals surface area contributed by atoms with Crippen molar-refractivity contribution in [1.29, 1.82) is 0 Å². The van der Waals surface area contributed by atoms with E-state index in [-0.39, 0.29) is 28.0 Å². The summed E-state index contributed by atoms with van der Waals surface area (Å²) in [4.78, 5) is 22.2. The summed E-state index contributed by atoms with van der Waals surface area (Å²) in [5, 5.41) is 11.3. The molecule has 1 aromatic carbocycles. The predicted molar refractivity (Wildman–Crippen MR) is 79.6 cm³/mol. The molecule has 116 valence electrons. The fraction of sp³-hybridized carbons (Fsp3) is 0.333. The molecule has 0 radical (unpaired) electrons. The Hall–Kier alpha value is -1.45. The summed E-state index contributed by atoms with van der Waals surface area (Å²) in [6.07, 6.45) is 0. The van der Waals surface area contributed by atoms with E-state index in [1.807, 2.05) is 0 Å². The third kappa shape index (κ3) is 4.02. The molecule has 0 saturated heterocycles. The second kappa shape index (κ2) is 7.01. The summed E-state index contributed by atoms with van der Waals surface area (Å²) in [6, 6.07) is 3.71. The molecule has 0 aromatic heterocycles. The van der Waals surface area contributed by atoms with Crippen LogP contribution in [0, 0.1) is 0 Å². The van der Waals surface area contributed by atoms with Gasteiger partial charge in [-0.3, -0.25) is 4.79 Å². The van der Waals surface area contributed by atoms with Crippen LogP contribution in [-0.4, -0.2) is 49.8 Å². The van der Waals surface area contributed by atoms with Gasteiger partial charge >= 0.3 is 5.97 Å². The van der Waals surface area contributed by atoms with Gasteiger partial charge in [0.25, 0.3) is 0 Å². The van der Waals surface area contributed by atoms with Crippen LogP contribution >= 0.6 is 15.9 Å². The Morgan fingerprint density at radius 1 is 1.38 bits per heavy atom. The minimum atomic E-state index is -3.98. The Morgan fingerprint density at radius 2 is 2.00 bits per heavy atom. The third-order valence-corrected chi connectivity index (χ3v) is 5.66. The molecule has 2 N–H and O–H groups in total. The molecule has 0 aliphatic carbocycles. The summed E-state index contributed by atoms with van der Waals surface area (Å²) in [5.41, 5.74) is -0.146. The van der Waals surface area contributed by atoms with Crippen LogP contribution < -0.4 is 5.32 Å². The second-order valence-corrected chi connectivity index (χ2v) is 6.82. The molecule has 1 aromatic rings. The second-order valence-electron chi connectivity index (χ2n) is 4.05. The summed E-state index contributed by atoms with van der Waals surface area (Å²) in [7, 11) is -2.57. The summed E-state index contributed by atoms with van der Waals surface area (Å²) >= 11 is 3.10. The third-order valence-electron chi connectivity index (χ3n) is 2.75. The highest BCUT2D eigenvalue weighted by Gasteiger charge is 2.27. The van der Waals surface area contributed by atoms with Crippen molar-refractivity contribution in [1.82, 2.24) is 9.62 Å². The fourth-order valence-electron chi connectivity index (χ4n) is 1.58. The Labute approximate surface area is 131 Å². The molecule has 0 atom stereocenters. The lowest BCUT2D eigenvalue weighted by Crippen LogP contribution is -2.39. The standard InChI is InChI=1S/C12H15BrN2O5S/c1-3-15(7-11(16)14-2)21(19,20)10-6-8(12(17)18)4-5-9(10)13/h4-6H,3,7H2,1-2H3,(H,14,16)(H,17,18). The van der Waals surface area contributed by atoms with Crippen molar-refractivity contribution >= 4 is 37.8 Å². The number of carboxylic acids is 1. The van der Waals surface area contributed by atoms with Gasteiger partial charge in [0.2, 0.25) is 15.9 Å². The SMILES string of the molecule is CCN(CC(=O)NC)S(=O)(=O)c1cc(C(=O)O)ccc1Br. The Kier molecular flexibility index (Phi) is 5.87. The van der Waals surface area contributed by atoms with E-state index >= 15 is 0 Å². The number of nitrogens with zero attached hydrogens (tertiary/aromatic N) is 1. The van der Waals surface area contributed by atoms with Crippen LogP contribution in [0.5, 0.6) is 0 Å². The monoisotopic (exact) mass is 378 g/mol. The van der Waals surface area contributed by atoms with E-state index in [4.69, 9.17) is 5.11 Å². The maximum absolute atomic E-state index is 12.5. The van der Waals surface area contributed by atoms with E-state index in [0.717, 1.165) is 10.4 Å². The molecule has 0 saturated carbocycles. The first-order valence-corrected chi connectivity index (χ1v) is 8.21. The van der Waals surface area contributed by atoms with Gasteiger partial charge in [-0.1, -0.05) is 6.92 Å². The van der Waals surface area contributed by atoms with Gasteiger partial charge in [-0.15, -0.1) is 0 Å². The molecule has 0 aliphatic heterocycles. The Morgan fingerprint density at radius 3 is 2.48 bits per heavy atom. The minimum absolute atomic E-state index is 0.0828. The lowest BCUT2D eigenvalue weighted by molar-refractivity contribution is -0.120. The van der Waals surface area contributed by atoms with Crippen LogP contribution in [0.3, 0.4) is 0 Å². The highest BCUT2D eigenvalue weighted by molar-refractivity contribution is 9.10. The van der Waals surface area contributed by atoms with Gasteiger partial charge in [0, 0.05) is 18.1 Å². The van der Waals surface area contributed by atoms with E-state index in [0.29, 0.717) is 0 Å². The van der Waals surface area contributed by atoms with Crippen LogP contribution in [-0.2, 0) is 14.8 Å². The number of hydrogen-bond acceptors (Lipinski definition) is 4. The number of carboxylic acid groups (broad SMARTS) is 1. The van der Waals surface area contributed by atoms with Crippen molar-refractivity contribution < 1.29 is 23.1 Å². The number of rotatable bonds is 6. The number of benzene rings is 1. The molecule has 0 heterocycles. The van der Waals surface area contributed by atoms with Crippen molar-refractivity contribution in [3.05, 3.63) is 28.2 Å². The average Bonchev–Trinajstić information content (AvgIpc) is 2.44. The zero-order valence-corrected chi connectivity index (χ0v) is 13.9. The van der Waals surface area contributed by atoms with Gasteiger partial charge in [-0.25, -0.2) is 13.2 Å². The zero-order valence-electron chi connectivity index (χ0n) is 11.5. The largest absolute Gasteiger partial charge is 0.478 e. The van der Waals surface area contributed by atoms with E-state index < -0.39 is 21.9 Å². The van der Waals surface area contributed by atoms with Crippen molar-refractivity contribution in [3.63, 3.8) is 0 Å². The molecule has 9 heteroatoms. The van der Waals surface area contributed by atoms with Crippen LogP contribution in [0.15, 0.2) is 27.6 Å². The normalized spacial score (nSPS) is 11.4. The Balaban J connectivity index is 3.31. The number of amides is 1. The highest BCUT2D eigenvalue weighted by Crippen LogP contribution is 2.26. The molecule has 7 nitrogen and oxygen atoms in total. The maximum Gasteiger partial charge on any atom is 0.335 e.